The molecule has 0 aliphatic rings. The lowest BCUT2D eigenvalue weighted by Gasteiger charge is -2.03. The van der Waals surface area contributed by atoms with Crippen LogP contribution in [0.5, 0.6) is 0 Å². The fourth-order valence-electron chi connectivity index (χ4n) is 0.470. The molecule has 0 atom stereocenters. The number of nitrogens with one attached hydrogen (secondary N) is 1. The fourth-order valence-corrected chi connectivity index (χ4v) is 0.470. The Labute approximate surface area is 83.6 Å². The summed E-state index contributed by atoms with van der Waals surface area (Å²) in [5, 5.41) is 0. The van der Waals surface area contributed by atoms with Crippen LogP contribution in [0.2, 0.25) is 0 Å². The molecule has 15 heavy (non-hydrogen) atoms. The van der Waals surface area contributed by atoms with Gasteiger partial charge in [-0.1, -0.05) is 0 Å². The average Bonchev–Trinajstić information content (AvgIpc) is 2.00. The molecule has 0 fully saturated rings. The lowest BCUT2D eigenvalue weighted by atomic mass is 10.4. The summed E-state index contributed by atoms with van der Waals surface area (Å²) in [5.41, 5.74) is 10.8. The molecule has 0 saturated heterocycles. The maximum atomic E-state index is 10.6. The van der Waals surface area contributed by atoms with E-state index in [-0.39, 0.29) is 0 Å². The molecular weight excluding hydrogens is 210 g/mol. The Balaban J connectivity index is 3.61. The third kappa shape index (κ3) is 8.18. The Hall–Kier alpha value is -2.16. The number of hydrogen-bond donors (Lipinski definition) is 3. The van der Waals surface area contributed by atoms with Crippen molar-refractivity contribution in [1.82, 2.24) is 5.64 Å². The zero-order valence-electron chi connectivity index (χ0n) is 7.52. The number of carbonyl (C=O) groups is 4. The first kappa shape index (κ1) is 12.8. The van der Waals surface area contributed by atoms with E-state index in [0.717, 1.165) is 0 Å². The van der Waals surface area contributed by atoms with Gasteiger partial charge in [-0.15, -0.1) is 0 Å². The van der Waals surface area contributed by atoms with Gasteiger partial charge in [0, 0.05) is 5.64 Å². The van der Waals surface area contributed by atoms with E-state index in [2.05, 4.69) is 21.1 Å². The Morgan fingerprint density at radius 2 is 1.20 bits per heavy atom. The molecule has 9 heteroatoms. The maximum Gasteiger partial charge on any atom is 0.338 e. The van der Waals surface area contributed by atoms with Gasteiger partial charge in [0.1, 0.15) is 12.8 Å². The highest BCUT2D eigenvalue weighted by atomic mass is 16.9. The molecule has 0 aliphatic heterocycles. The Morgan fingerprint density at radius 1 is 0.867 bits per heavy atom. The van der Waals surface area contributed by atoms with Crippen molar-refractivity contribution in [3.05, 3.63) is 0 Å². The van der Waals surface area contributed by atoms with Crippen molar-refractivity contribution >= 4 is 23.8 Å². The lowest BCUT2D eigenvalue weighted by molar-refractivity contribution is -0.198. The highest BCUT2D eigenvalue weighted by molar-refractivity contribution is 5.93. The number of hydrogen-bond acceptors (Lipinski definition) is 7. The third-order valence-electron chi connectivity index (χ3n) is 0.948. The molecule has 0 aromatic heterocycles. The third-order valence-corrected chi connectivity index (χ3v) is 0.948. The maximum absolute atomic E-state index is 10.6. The van der Waals surface area contributed by atoms with Crippen molar-refractivity contribution in [3.63, 3.8) is 0 Å². The predicted molar refractivity (Wildman–Crippen MR) is 42.9 cm³/mol. The largest absolute Gasteiger partial charge is 0.369 e. The van der Waals surface area contributed by atoms with Crippen LogP contribution >= 0.6 is 0 Å². The minimum atomic E-state index is -1.03. The van der Waals surface area contributed by atoms with Crippen LogP contribution in [0, 0.1) is 0 Å². The van der Waals surface area contributed by atoms with Gasteiger partial charge in [0.05, 0.1) is 0 Å². The molecule has 0 unspecified atom stereocenters. The molecule has 0 radical (unpaired) electrons. The molecular formula is C6H9N3O6. The number of carbonyl (C=O) groups excluding carboxylic acids is 4. The summed E-state index contributed by atoms with van der Waals surface area (Å²) < 4.78 is 0. The Bertz CT molecular complexity index is 261. The SMILES string of the molecule is NC(=O)CC(=O)ONOC(=O)CC(N)=O. The van der Waals surface area contributed by atoms with Gasteiger partial charge in [-0.3, -0.25) is 9.59 Å². The van der Waals surface area contributed by atoms with Crippen LogP contribution in [-0.2, 0) is 28.9 Å². The first-order valence-corrected chi connectivity index (χ1v) is 3.62. The van der Waals surface area contributed by atoms with Crippen LogP contribution in [0.4, 0.5) is 0 Å². The van der Waals surface area contributed by atoms with Crippen LogP contribution < -0.4 is 17.1 Å². The molecule has 0 rings (SSSR count). The van der Waals surface area contributed by atoms with Gasteiger partial charge >= 0.3 is 11.9 Å². The van der Waals surface area contributed by atoms with Crippen LogP contribution in [-0.4, -0.2) is 23.8 Å². The van der Waals surface area contributed by atoms with Crippen LogP contribution in [0.25, 0.3) is 0 Å². The van der Waals surface area contributed by atoms with E-state index < -0.39 is 36.6 Å². The Morgan fingerprint density at radius 3 is 1.47 bits per heavy atom. The van der Waals surface area contributed by atoms with Gasteiger partial charge in [0.25, 0.3) is 0 Å². The summed E-state index contributed by atoms with van der Waals surface area (Å²) in [5.74, 6) is -3.86. The number of rotatable bonds is 6. The van der Waals surface area contributed by atoms with Crippen molar-refractivity contribution < 1.29 is 28.9 Å². The quantitative estimate of drug-likeness (QED) is 0.323. The van der Waals surface area contributed by atoms with Gasteiger partial charge in [0.2, 0.25) is 11.8 Å². The number of nitrogens with two attached hydrogens (primary N) is 2. The lowest BCUT2D eigenvalue weighted by Crippen LogP contribution is -2.28. The summed E-state index contributed by atoms with van der Waals surface area (Å²) in [6.45, 7) is 0. The second kappa shape index (κ2) is 6.32. The van der Waals surface area contributed by atoms with Gasteiger partial charge < -0.3 is 21.1 Å². The second-order valence-electron chi connectivity index (χ2n) is 2.32. The standard InChI is InChI=1S/C6H9N3O6/c7-3(10)1-5(12)14-9-15-6(13)2-4(8)11/h9H,1-2H2,(H2,7,10)(H2,8,11). The van der Waals surface area contributed by atoms with Gasteiger partial charge in [-0.05, 0) is 0 Å². The van der Waals surface area contributed by atoms with E-state index in [4.69, 9.17) is 0 Å². The van der Waals surface area contributed by atoms with E-state index in [1.807, 2.05) is 0 Å². The fraction of sp³-hybridized carbons (Fsp3) is 0.333. The van der Waals surface area contributed by atoms with Crippen molar-refractivity contribution in [2.75, 3.05) is 0 Å². The van der Waals surface area contributed by atoms with Crippen molar-refractivity contribution in [3.8, 4) is 0 Å². The monoisotopic (exact) mass is 219 g/mol. The van der Waals surface area contributed by atoms with Gasteiger partial charge in [0.15, 0.2) is 0 Å². The zero-order chi connectivity index (χ0) is 11.8. The Kier molecular flexibility index (Phi) is 5.41. The molecule has 0 aliphatic carbocycles. The summed E-state index contributed by atoms with van der Waals surface area (Å²) in [6, 6.07) is 0. The predicted octanol–water partition coefficient (Wildman–Crippen LogP) is -2.76. The molecule has 0 aromatic rings. The second-order valence-corrected chi connectivity index (χ2v) is 2.32. The zero-order valence-corrected chi connectivity index (χ0v) is 7.52. The van der Waals surface area contributed by atoms with Gasteiger partial charge in [-0.2, -0.15) is 0 Å². The van der Waals surface area contributed by atoms with Crippen LogP contribution in [0.1, 0.15) is 12.8 Å². The molecule has 0 spiro atoms. The van der Waals surface area contributed by atoms with E-state index in [9.17, 15) is 19.2 Å². The minimum absolute atomic E-state index is 0.666. The average molecular weight is 219 g/mol. The van der Waals surface area contributed by atoms with E-state index in [1.165, 1.54) is 5.64 Å². The molecule has 5 N–H and O–H groups in total. The number of primary amides is 2. The van der Waals surface area contributed by atoms with E-state index in [1.54, 1.807) is 0 Å². The molecule has 0 saturated carbocycles. The first-order valence-electron chi connectivity index (χ1n) is 3.62. The minimum Gasteiger partial charge on any atom is -0.369 e. The molecule has 0 heterocycles. The van der Waals surface area contributed by atoms with Gasteiger partial charge in [-0.25, -0.2) is 9.59 Å². The molecule has 0 aromatic carbocycles. The summed E-state index contributed by atoms with van der Waals surface area (Å²) in [6.07, 6.45) is -1.33. The first-order chi connectivity index (χ1) is 6.91. The van der Waals surface area contributed by atoms with Crippen molar-refractivity contribution in [2.24, 2.45) is 11.5 Å². The molecule has 2 amide bonds. The normalized spacial score (nSPS) is 9.07. The molecule has 84 valence electrons. The van der Waals surface area contributed by atoms with Crippen molar-refractivity contribution in [1.29, 1.82) is 0 Å². The molecule has 0 bridgehead atoms. The van der Waals surface area contributed by atoms with Crippen LogP contribution in [0.3, 0.4) is 0 Å². The summed E-state index contributed by atoms with van der Waals surface area (Å²) >= 11 is 0. The number of amides is 2. The van der Waals surface area contributed by atoms with E-state index in [0.29, 0.717) is 0 Å². The summed E-state index contributed by atoms with van der Waals surface area (Å²) in [7, 11) is 0. The molecule has 9 nitrogen and oxygen atoms in total. The van der Waals surface area contributed by atoms with E-state index >= 15 is 0 Å². The highest BCUT2D eigenvalue weighted by Crippen LogP contribution is 1.85. The smallest absolute Gasteiger partial charge is 0.338 e. The van der Waals surface area contributed by atoms with Crippen LogP contribution in [0.15, 0.2) is 0 Å². The summed E-state index contributed by atoms with van der Waals surface area (Å²) in [4.78, 5) is 49.6. The topological polar surface area (TPSA) is 151 Å². The van der Waals surface area contributed by atoms with Crippen molar-refractivity contribution in [2.45, 2.75) is 12.8 Å². The highest BCUT2D eigenvalue weighted by Gasteiger charge is 2.10.